The maximum Gasteiger partial charge on any atom is 0.217 e. The number of rotatable bonds is 9. The van der Waals surface area contributed by atoms with Crippen molar-refractivity contribution in [2.45, 2.75) is 71.3 Å². The maximum atomic E-state index is 11.4. The van der Waals surface area contributed by atoms with E-state index in [1.165, 1.54) is 6.92 Å². The van der Waals surface area contributed by atoms with Gasteiger partial charge in [-0.25, -0.2) is 0 Å². The van der Waals surface area contributed by atoms with E-state index in [1.54, 1.807) is 0 Å². The second kappa shape index (κ2) is 9.22. The van der Waals surface area contributed by atoms with Crippen molar-refractivity contribution >= 4 is 12.2 Å². The number of aldehydes is 1. The van der Waals surface area contributed by atoms with Gasteiger partial charge >= 0.3 is 0 Å². The van der Waals surface area contributed by atoms with E-state index in [1.807, 2.05) is 6.92 Å². The van der Waals surface area contributed by atoms with Crippen molar-refractivity contribution in [1.29, 1.82) is 0 Å². The number of carbonyl (C=O) groups excluding carboxylic acids is 2. The van der Waals surface area contributed by atoms with Crippen LogP contribution in [0.5, 0.6) is 0 Å². The van der Waals surface area contributed by atoms with Gasteiger partial charge in [0.05, 0.1) is 12.7 Å². The Morgan fingerprint density at radius 1 is 1.50 bits per heavy atom. The molecule has 0 saturated carbocycles. The summed E-state index contributed by atoms with van der Waals surface area (Å²) >= 11 is 0. The zero-order valence-electron chi connectivity index (χ0n) is 13.8. The summed E-state index contributed by atoms with van der Waals surface area (Å²) in [5, 5.41) is 13.4. The Morgan fingerprint density at radius 2 is 2.23 bits per heavy atom. The van der Waals surface area contributed by atoms with Crippen LogP contribution in [0, 0.1) is 5.41 Å². The lowest BCUT2D eigenvalue weighted by atomic mass is 9.76. The van der Waals surface area contributed by atoms with Gasteiger partial charge in [-0.3, -0.25) is 4.79 Å². The minimum absolute atomic E-state index is 0.219. The molecule has 0 bridgehead atoms. The number of aliphatic hydroxyl groups excluding tert-OH is 1. The number of aliphatic hydroxyl groups is 1. The fourth-order valence-electron chi connectivity index (χ4n) is 2.90. The highest BCUT2D eigenvalue weighted by Gasteiger charge is 2.47. The number of ether oxygens (including phenoxy) is 2. The smallest absolute Gasteiger partial charge is 0.217 e. The molecule has 0 aromatic rings. The highest BCUT2D eigenvalue weighted by Crippen LogP contribution is 2.36. The summed E-state index contributed by atoms with van der Waals surface area (Å²) in [7, 11) is 0. The molecule has 0 aromatic carbocycles. The van der Waals surface area contributed by atoms with E-state index in [4.69, 9.17) is 9.47 Å². The molecule has 0 aromatic heterocycles. The third-order valence-electron chi connectivity index (χ3n) is 4.11. The molecule has 0 radical (unpaired) electrons. The molecule has 0 spiro atoms. The largest absolute Gasteiger partial charge is 0.390 e. The van der Waals surface area contributed by atoms with Crippen LogP contribution in [0.25, 0.3) is 0 Å². The second-order valence-electron chi connectivity index (χ2n) is 6.29. The minimum Gasteiger partial charge on any atom is -0.390 e. The molecule has 22 heavy (non-hydrogen) atoms. The van der Waals surface area contributed by atoms with Crippen molar-refractivity contribution < 1.29 is 24.2 Å². The fraction of sp³-hybridized carbons (Fsp3) is 0.875. The predicted molar refractivity (Wildman–Crippen MR) is 82.2 cm³/mol. The summed E-state index contributed by atoms with van der Waals surface area (Å²) in [5.74, 6) is -0.219. The quantitative estimate of drug-likeness (QED) is 0.496. The molecule has 6 heteroatoms. The van der Waals surface area contributed by atoms with Crippen molar-refractivity contribution in [3.8, 4) is 0 Å². The van der Waals surface area contributed by atoms with Crippen molar-refractivity contribution in [3.05, 3.63) is 0 Å². The first kappa shape index (κ1) is 19.1. The molecular weight excluding hydrogens is 286 g/mol. The van der Waals surface area contributed by atoms with Gasteiger partial charge in [-0.05, 0) is 19.3 Å². The number of hydrogen-bond donors (Lipinski definition) is 2. The molecular formula is C16H29NO5. The maximum absolute atomic E-state index is 11.4. The van der Waals surface area contributed by atoms with Crippen molar-refractivity contribution in [2.75, 3.05) is 13.2 Å². The average molecular weight is 315 g/mol. The molecule has 1 rings (SSSR count). The Balaban J connectivity index is 2.63. The van der Waals surface area contributed by atoms with Gasteiger partial charge in [-0.15, -0.1) is 0 Å². The van der Waals surface area contributed by atoms with E-state index < -0.39 is 18.4 Å². The zero-order chi connectivity index (χ0) is 16.6. The summed E-state index contributed by atoms with van der Waals surface area (Å²) in [4.78, 5) is 21.7. The van der Waals surface area contributed by atoms with E-state index in [0.29, 0.717) is 19.6 Å². The highest BCUT2D eigenvalue weighted by molar-refractivity contribution is 5.73. The molecule has 1 aliphatic heterocycles. The van der Waals surface area contributed by atoms with Crippen LogP contribution in [0.3, 0.4) is 0 Å². The van der Waals surface area contributed by atoms with E-state index >= 15 is 0 Å². The van der Waals surface area contributed by atoms with Crippen LogP contribution >= 0.6 is 0 Å². The summed E-state index contributed by atoms with van der Waals surface area (Å²) in [6.07, 6.45) is 3.28. The number of unbranched alkanes of at least 4 members (excludes halogenated alkanes) is 2. The topological polar surface area (TPSA) is 84.9 Å². The Labute approximate surface area is 132 Å². The number of amides is 1. The van der Waals surface area contributed by atoms with Crippen LogP contribution in [0.15, 0.2) is 0 Å². The Hall–Kier alpha value is -0.980. The van der Waals surface area contributed by atoms with Crippen LogP contribution in [-0.2, 0) is 19.1 Å². The standard InChI is InChI=1S/C16H29NO5/c1-4-8-16(3)11-22-15(21-10-7-5-6-9-18)13(14(16)20)17-12(2)19/h9,13-15,20H,4-8,10-11H2,1-3H3,(H,17,19)/t13?,14?,15-,16+/m1/s1. The van der Waals surface area contributed by atoms with Gasteiger partial charge in [0, 0.05) is 25.4 Å². The van der Waals surface area contributed by atoms with Gasteiger partial charge in [0.15, 0.2) is 6.29 Å². The molecule has 4 atom stereocenters. The summed E-state index contributed by atoms with van der Waals surface area (Å²) in [5.41, 5.74) is -0.390. The third kappa shape index (κ3) is 5.34. The number of carbonyl (C=O) groups is 2. The van der Waals surface area contributed by atoms with Crippen molar-refractivity contribution in [2.24, 2.45) is 5.41 Å². The van der Waals surface area contributed by atoms with Gasteiger partial charge in [0.25, 0.3) is 0 Å². The molecule has 0 aliphatic carbocycles. The molecule has 128 valence electrons. The van der Waals surface area contributed by atoms with Crippen LogP contribution in [0.4, 0.5) is 0 Å². The third-order valence-corrected chi connectivity index (χ3v) is 4.11. The van der Waals surface area contributed by atoms with Gasteiger partial charge in [0.1, 0.15) is 12.3 Å². The zero-order valence-corrected chi connectivity index (χ0v) is 13.8. The number of nitrogens with one attached hydrogen (secondary N) is 1. The molecule has 2 N–H and O–H groups in total. The lowest BCUT2D eigenvalue weighted by Crippen LogP contribution is -2.62. The summed E-state index contributed by atoms with van der Waals surface area (Å²) < 4.78 is 11.4. The van der Waals surface area contributed by atoms with Crippen LogP contribution in [0.2, 0.25) is 0 Å². The van der Waals surface area contributed by atoms with Gasteiger partial charge in [-0.2, -0.15) is 0 Å². The predicted octanol–water partition coefficient (Wildman–Crippen LogP) is 1.40. The first-order valence-electron chi connectivity index (χ1n) is 8.06. The van der Waals surface area contributed by atoms with E-state index in [-0.39, 0.29) is 11.3 Å². The lowest BCUT2D eigenvalue weighted by Gasteiger charge is -2.46. The Kier molecular flexibility index (Phi) is 8.00. The van der Waals surface area contributed by atoms with Gasteiger partial charge in [-0.1, -0.05) is 20.3 Å². The van der Waals surface area contributed by atoms with E-state index in [2.05, 4.69) is 12.2 Å². The van der Waals surface area contributed by atoms with Crippen LogP contribution < -0.4 is 5.32 Å². The molecule has 1 heterocycles. The normalized spacial score (nSPS) is 31.7. The Bertz CT molecular complexity index is 362. The van der Waals surface area contributed by atoms with Crippen LogP contribution in [-0.4, -0.2) is 48.9 Å². The molecule has 1 amide bonds. The molecule has 1 fully saturated rings. The summed E-state index contributed by atoms with van der Waals surface area (Å²) in [6.45, 7) is 6.28. The van der Waals surface area contributed by atoms with Gasteiger partial charge < -0.3 is 24.7 Å². The molecule has 6 nitrogen and oxygen atoms in total. The first-order chi connectivity index (χ1) is 10.4. The lowest BCUT2D eigenvalue weighted by molar-refractivity contribution is -0.243. The highest BCUT2D eigenvalue weighted by atomic mass is 16.7. The molecule has 1 saturated heterocycles. The van der Waals surface area contributed by atoms with E-state index in [0.717, 1.165) is 32.0 Å². The fourth-order valence-corrected chi connectivity index (χ4v) is 2.90. The minimum atomic E-state index is -0.718. The number of hydrogen-bond acceptors (Lipinski definition) is 5. The van der Waals surface area contributed by atoms with Crippen molar-refractivity contribution in [3.63, 3.8) is 0 Å². The van der Waals surface area contributed by atoms with E-state index in [9.17, 15) is 14.7 Å². The SMILES string of the molecule is CCC[C@@]1(C)CO[C@@H](OCCCCC=O)C(NC(C)=O)C1O. The average Bonchev–Trinajstić information content (AvgIpc) is 2.46. The summed E-state index contributed by atoms with van der Waals surface area (Å²) in [6, 6.07) is -0.575. The molecule has 1 aliphatic rings. The van der Waals surface area contributed by atoms with Crippen LogP contribution in [0.1, 0.15) is 52.9 Å². The second-order valence-corrected chi connectivity index (χ2v) is 6.29. The molecule has 2 unspecified atom stereocenters. The van der Waals surface area contributed by atoms with Crippen molar-refractivity contribution in [1.82, 2.24) is 5.32 Å². The monoisotopic (exact) mass is 315 g/mol. The Morgan fingerprint density at radius 3 is 2.82 bits per heavy atom. The van der Waals surface area contributed by atoms with Gasteiger partial charge in [0.2, 0.25) is 5.91 Å². The first-order valence-corrected chi connectivity index (χ1v) is 8.06.